The van der Waals surface area contributed by atoms with Crippen molar-refractivity contribution in [3.05, 3.63) is 178 Å². The van der Waals surface area contributed by atoms with E-state index >= 15 is 0 Å². The molecule has 1 saturated heterocycles. The zero-order chi connectivity index (χ0) is 40.4. The fourth-order valence-corrected chi connectivity index (χ4v) is 7.34. The number of aliphatic hydroxyl groups is 1. The number of fused-ring (bicyclic) bond motifs is 1. The van der Waals surface area contributed by atoms with Crippen LogP contribution in [-0.2, 0) is 22.6 Å². The molecule has 1 heterocycles. The minimum atomic E-state index is -2.34. The molecule has 0 aromatic heterocycles. The maximum Gasteiger partial charge on any atom is 0.257 e. The van der Waals surface area contributed by atoms with Gasteiger partial charge in [-0.05, 0) is 64.2 Å². The molecule has 6 aromatic carbocycles. The zero-order valence-electron chi connectivity index (χ0n) is 31.5. The molecule has 6 nitrogen and oxygen atoms in total. The molecule has 57 heavy (non-hydrogen) atoms. The maximum atomic E-state index is 14.3. The summed E-state index contributed by atoms with van der Waals surface area (Å²) >= 11 is 0. The second kappa shape index (κ2) is 17.0. The van der Waals surface area contributed by atoms with E-state index in [1.54, 1.807) is 24.3 Å². The fourth-order valence-electron chi connectivity index (χ4n) is 7.34. The van der Waals surface area contributed by atoms with Gasteiger partial charge in [-0.3, -0.25) is 9.69 Å². The highest BCUT2D eigenvalue weighted by molar-refractivity contribution is 5.95. The van der Waals surface area contributed by atoms with E-state index in [0.29, 0.717) is 17.7 Å². The number of likely N-dealkylation sites (N-methyl/N-ethyl adjacent to an activating group) is 1. The number of carbonyl (C=O) groups excluding carboxylic acids is 1. The number of amides is 1. The summed E-state index contributed by atoms with van der Waals surface area (Å²) in [6.45, 7) is 4.58. The van der Waals surface area contributed by atoms with Gasteiger partial charge in [-0.1, -0.05) is 116 Å². The summed E-state index contributed by atoms with van der Waals surface area (Å²) in [5.41, 5.74) is 4.10. The van der Waals surface area contributed by atoms with Crippen molar-refractivity contribution in [1.29, 1.82) is 0 Å². The molecule has 0 bridgehead atoms. The van der Waals surface area contributed by atoms with Crippen LogP contribution < -0.4 is 5.32 Å². The minimum absolute atomic E-state index is 0.0429. The molecular formula is C46H41F5N2O4. The van der Waals surface area contributed by atoms with Crippen molar-refractivity contribution in [3.8, 4) is 11.1 Å². The van der Waals surface area contributed by atoms with E-state index in [1.165, 1.54) is 16.3 Å². The van der Waals surface area contributed by atoms with Crippen molar-refractivity contribution >= 4 is 16.7 Å². The van der Waals surface area contributed by atoms with E-state index in [9.17, 15) is 31.9 Å². The van der Waals surface area contributed by atoms with E-state index in [2.05, 4.69) is 61.4 Å². The number of hydrogen-bond donors (Lipinski definition) is 2. The number of aliphatic hydroxyl groups excluding tert-OH is 1. The number of carbonyl (C=O) groups is 1. The number of hydrogen-bond acceptors (Lipinski definition) is 5. The summed E-state index contributed by atoms with van der Waals surface area (Å²) in [5.74, 6) is -12.6. The molecule has 1 aliphatic rings. The van der Waals surface area contributed by atoms with Crippen LogP contribution in [0, 0.1) is 35.0 Å². The zero-order valence-corrected chi connectivity index (χ0v) is 31.5. The molecule has 0 aliphatic carbocycles. The molecule has 11 heteroatoms. The van der Waals surface area contributed by atoms with Gasteiger partial charge < -0.3 is 19.9 Å². The molecule has 1 aliphatic heterocycles. The van der Waals surface area contributed by atoms with Gasteiger partial charge in [0.05, 0.1) is 18.8 Å². The molecule has 7 rings (SSSR count). The van der Waals surface area contributed by atoms with Gasteiger partial charge in [0, 0.05) is 30.6 Å². The number of rotatable bonds is 11. The number of nitrogens with zero attached hydrogens (tertiary/aromatic N) is 1. The number of ether oxygens (including phenoxy) is 2. The Hall–Kier alpha value is -5.46. The Kier molecular flexibility index (Phi) is 11.8. The van der Waals surface area contributed by atoms with Crippen LogP contribution in [0.2, 0.25) is 0 Å². The molecule has 0 spiro atoms. The van der Waals surface area contributed by atoms with Gasteiger partial charge >= 0.3 is 0 Å². The molecule has 294 valence electrons. The van der Waals surface area contributed by atoms with E-state index < -0.39 is 46.8 Å². The topological polar surface area (TPSA) is 71.0 Å². The first-order chi connectivity index (χ1) is 27.4. The SMILES string of the molecule is CC1C(CN(C)C(C)c2ccc3ccccc3c2)OC(c2ccc(-c3ccccc3CNC(=O)c3c(F)c(F)c(F)c(F)c3F)cc2)OC1c1ccc(CO)cc1. The fraction of sp³-hybridized carbons (Fsp3) is 0.239. The van der Waals surface area contributed by atoms with Gasteiger partial charge in [0.25, 0.3) is 5.91 Å². The second-order valence-corrected chi connectivity index (χ2v) is 14.5. The lowest BCUT2D eigenvalue weighted by Crippen LogP contribution is -2.44. The highest BCUT2D eigenvalue weighted by atomic mass is 19.2. The van der Waals surface area contributed by atoms with Gasteiger partial charge in [-0.15, -0.1) is 0 Å². The van der Waals surface area contributed by atoms with E-state index in [0.717, 1.165) is 22.3 Å². The van der Waals surface area contributed by atoms with Crippen molar-refractivity contribution < 1.29 is 41.3 Å². The Morgan fingerprint density at radius 2 is 1.37 bits per heavy atom. The van der Waals surface area contributed by atoms with Crippen LogP contribution in [-0.4, -0.2) is 35.6 Å². The molecule has 0 radical (unpaired) electrons. The van der Waals surface area contributed by atoms with Crippen LogP contribution in [0.25, 0.3) is 21.9 Å². The van der Waals surface area contributed by atoms with Gasteiger partial charge in [0.2, 0.25) is 5.82 Å². The summed E-state index contributed by atoms with van der Waals surface area (Å²) in [7, 11) is 2.09. The predicted octanol–water partition coefficient (Wildman–Crippen LogP) is 10.1. The molecule has 1 fully saturated rings. The van der Waals surface area contributed by atoms with Crippen LogP contribution in [0.15, 0.2) is 115 Å². The first-order valence-electron chi connectivity index (χ1n) is 18.6. The third kappa shape index (κ3) is 8.20. The Labute approximate surface area is 327 Å². The summed E-state index contributed by atoms with van der Waals surface area (Å²) in [6, 6.07) is 37.0. The Morgan fingerprint density at radius 1 is 0.754 bits per heavy atom. The smallest absolute Gasteiger partial charge is 0.257 e. The van der Waals surface area contributed by atoms with E-state index in [4.69, 9.17) is 9.47 Å². The Morgan fingerprint density at radius 3 is 2.05 bits per heavy atom. The van der Waals surface area contributed by atoms with Crippen LogP contribution >= 0.6 is 0 Å². The van der Waals surface area contributed by atoms with Crippen molar-refractivity contribution in [2.24, 2.45) is 5.92 Å². The Bertz CT molecular complexity index is 2360. The minimum Gasteiger partial charge on any atom is -0.392 e. The maximum absolute atomic E-state index is 14.3. The van der Waals surface area contributed by atoms with Gasteiger partial charge in [-0.25, -0.2) is 22.0 Å². The predicted molar refractivity (Wildman–Crippen MR) is 207 cm³/mol. The first-order valence-corrected chi connectivity index (χ1v) is 18.6. The van der Waals surface area contributed by atoms with Gasteiger partial charge in [0.1, 0.15) is 5.56 Å². The number of nitrogens with one attached hydrogen (secondary N) is 1. The van der Waals surface area contributed by atoms with Crippen LogP contribution in [0.4, 0.5) is 22.0 Å². The molecule has 6 aromatic rings. The first kappa shape index (κ1) is 39.8. The van der Waals surface area contributed by atoms with Gasteiger partial charge in [-0.2, -0.15) is 0 Å². The lowest BCUT2D eigenvalue weighted by atomic mass is 9.89. The van der Waals surface area contributed by atoms with Crippen LogP contribution in [0.5, 0.6) is 0 Å². The summed E-state index contributed by atoms with van der Waals surface area (Å²) in [6.07, 6.45) is -1.29. The molecule has 1 amide bonds. The largest absolute Gasteiger partial charge is 0.392 e. The quantitative estimate of drug-likeness (QED) is 0.0779. The van der Waals surface area contributed by atoms with Crippen molar-refractivity contribution in [2.75, 3.05) is 13.6 Å². The average Bonchev–Trinajstić information content (AvgIpc) is 3.24. The summed E-state index contributed by atoms with van der Waals surface area (Å²) in [4.78, 5) is 15.0. The molecule has 5 atom stereocenters. The van der Waals surface area contributed by atoms with Crippen molar-refractivity contribution in [2.45, 2.75) is 51.5 Å². The summed E-state index contributed by atoms with van der Waals surface area (Å²) < 4.78 is 83.2. The average molecular weight is 781 g/mol. The van der Waals surface area contributed by atoms with E-state index in [-0.39, 0.29) is 37.3 Å². The normalized spacial score (nSPS) is 18.8. The lowest BCUT2D eigenvalue weighted by molar-refractivity contribution is -0.276. The van der Waals surface area contributed by atoms with Crippen molar-refractivity contribution in [3.63, 3.8) is 0 Å². The second-order valence-electron chi connectivity index (χ2n) is 14.5. The molecule has 0 saturated carbocycles. The summed E-state index contributed by atoms with van der Waals surface area (Å²) in [5, 5.41) is 14.3. The third-order valence-electron chi connectivity index (χ3n) is 10.9. The van der Waals surface area contributed by atoms with Gasteiger partial charge in [0.15, 0.2) is 29.6 Å². The highest BCUT2D eigenvalue weighted by Crippen LogP contribution is 2.43. The number of halogens is 5. The monoisotopic (exact) mass is 780 g/mol. The number of benzene rings is 6. The standard InChI is InChI=1S/C46H41F5N2O4/c1-26-37(24-53(3)27(2)33-21-16-29-8-4-5-9-34(29)22-33)56-46(57-44(26)31-14-12-28(25-54)13-15-31)32-19-17-30(18-20-32)36-11-7-6-10-35(36)23-52-45(55)38-39(47)41(49)43(51)42(50)40(38)48/h4-22,26-27,37,44,46,54H,23-25H2,1-3H3,(H,52,55). The lowest BCUT2D eigenvalue weighted by Gasteiger charge is -2.43. The van der Waals surface area contributed by atoms with Crippen molar-refractivity contribution in [1.82, 2.24) is 10.2 Å². The highest BCUT2D eigenvalue weighted by Gasteiger charge is 2.39. The Balaban J connectivity index is 1.11. The van der Waals surface area contributed by atoms with E-state index in [1.807, 2.05) is 60.7 Å². The molecule has 5 unspecified atom stereocenters. The molecule has 2 N–H and O–H groups in total. The molecular weight excluding hydrogens is 740 g/mol. The van der Waals surface area contributed by atoms with Crippen LogP contribution in [0.1, 0.15) is 70.5 Å². The van der Waals surface area contributed by atoms with Crippen LogP contribution in [0.3, 0.4) is 0 Å². The third-order valence-corrected chi connectivity index (χ3v) is 10.9.